The van der Waals surface area contributed by atoms with Crippen LogP contribution in [-0.2, 0) is 7.05 Å². The van der Waals surface area contributed by atoms with Gasteiger partial charge in [0.2, 0.25) is 0 Å². The second kappa shape index (κ2) is 2.41. The van der Waals surface area contributed by atoms with Crippen molar-refractivity contribution in [2.24, 2.45) is 7.05 Å². The number of fused-ring (bicyclic) bond motifs is 1. The fraction of sp³-hybridized carbons (Fsp3) is 0.125. The average Bonchev–Trinajstić information content (AvgIpc) is 2.44. The third-order valence-corrected chi connectivity index (χ3v) is 1.67. The van der Waals surface area contributed by atoms with Crippen LogP contribution in [0, 0.1) is 0 Å². The van der Waals surface area contributed by atoms with Crippen LogP contribution in [-0.4, -0.2) is 21.3 Å². The molecule has 0 atom stereocenters. The Kier molecular flexibility index (Phi) is 1.40. The van der Waals surface area contributed by atoms with Crippen LogP contribution in [0.1, 0.15) is 10.4 Å². The SMILES string of the molecule is Cn1nc2cccc(C=O)c2n1. The van der Waals surface area contributed by atoms with Gasteiger partial charge < -0.3 is 0 Å². The average molecular weight is 161 g/mol. The first-order chi connectivity index (χ1) is 5.81. The van der Waals surface area contributed by atoms with Crippen molar-refractivity contribution in [3.05, 3.63) is 23.8 Å². The van der Waals surface area contributed by atoms with E-state index in [1.807, 2.05) is 6.07 Å². The maximum atomic E-state index is 10.6. The highest BCUT2D eigenvalue weighted by molar-refractivity contribution is 5.93. The molecule has 0 saturated heterocycles. The fourth-order valence-corrected chi connectivity index (χ4v) is 1.16. The fourth-order valence-electron chi connectivity index (χ4n) is 1.16. The first kappa shape index (κ1) is 6.97. The summed E-state index contributed by atoms with van der Waals surface area (Å²) in [6, 6.07) is 5.35. The van der Waals surface area contributed by atoms with Gasteiger partial charge in [0, 0.05) is 12.6 Å². The predicted octanol–water partition coefficient (Wildman–Crippen LogP) is 0.781. The quantitative estimate of drug-likeness (QED) is 0.580. The van der Waals surface area contributed by atoms with E-state index in [0.717, 1.165) is 11.8 Å². The number of carbonyl (C=O) groups is 1. The first-order valence-electron chi connectivity index (χ1n) is 3.56. The van der Waals surface area contributed by atoms with Crippen LogP contribution in [0.5, 0.6) is 0 Å². The normalized spacial score (nSPS) is 10.4. The minimum atomic E-state index is 0.584. The third-order valence-electron chi connectivity index (χ3n) is 1.67. The molecule has 0 amide bonds. The monoisotopic (exact) mass is 161 g/mol. The van der Waals surface area contributed by atoms with E-state index in [-0.39, 0.29) is 0 Å². The summed E-state index contributed by atoms with van der Waals surface area (Å²) in [7, 11) is 1.73. The van der Waals surface area contributed by atoms with Crippen molar-refractivity contribution in [1.82, 2.24) is 15.0 Å². The van der Waals surface area contributed by atoms with Crippen molar-refractivity contribution in [3.8, 4) is 0 Å². The van der Waals surface area contributed by atoms with Crippen LogP contribution in [0.3, 0.4) is 0 Å². The molecule has 4 heteroatoms. The van der Waals surface area contributed by atoms with Gasteiger partial charge in [-0.2, -0.15) is 15.0 Å². The van der Waals surface area contributed by atoms with E-state index in [1.54, 1.807) is 19.2 Å². The summed E-state index contributed by atoms with van der Waals surface area (Å²) in [4.78, 5) is 12.0. The third kappa shape index (κ3) is 0.887. The molecule has 4 nitrogen and oxygen atoms in total. The van der Waals surface area contributed by atoms with Crippen LogP contribution in [0.4, 0.5) is 0 Å². The molecule has 0 unspecified atom stereocenters. The Labute approximate surface area is 68.8 Å². The second-order valence-electron chi connectivity index (χ2n) is 2.52. The Bertz CT molecular complexity index is 433. The molecule has 0 aliphatic heterocycles. The lowest BCUT2D eigenvalue weighted by atomic mass is 10.2. The van der Waals surface area contributed by atoms with Crippen molar-refractivity contribution in [1.29, 1.82) is 0 Å². The summed E-state index contributed by atoms with van der Waals surface area (Å²) in [6.45, 7) is 0. The molecule has 1 heterocycles. The number of nitrogens with zero attached hydrogens (tertiary/aromatic N) is 3. The summed E-state index contributed by atoms with van der Waals surface area (Å²) in [5, 5.41) is 8.13. The van der Waals surface area contributed by atoms with Crippen molar-refractivity contribution < 1.29 is 4.79 Å². The van der Waals surface area contributed by atoms with Crippen LogP contribution in [0.25, 0.3) is 11.0 Å². The number of hydrogen-bond donors (Lipinski definition) is 0. The standard InChI is InChI=1S/C8H7N3O/c1-11-9-7-4-2-3-6(5-12)8(7)10-11/h2-5H,1H3. The zero-order chi connectivity index (χ0) is 8.55. The predicted molar refractivity (Wildman–Crippen MR) is 43.9 cm³/mol. The van der Waals surface area contributed by atoms with Crippen LogP contribution in [0.15, 0.2) is 18.2 Å². The molecule has 12 heavy (non-hydrogen) atoms. The molecule has 60 valence electrons. The van der Waals surface area contributed by atoms with E-state index < -0.39 is 0 Å². The molecule has 2 rings (SSSR count). The van der Waals surface area contributed by atoms with E-state index in [9.17, 15) is 4.79 Å². The molecule has 0 fully saturated rings. The number of carbonyl (C=O) groups excluding carboxylic acids is 1. The highest BCUT2D eigenvalue weighted by Gasteiger charge is 2.03. The minimum absolute atomic E-state index is 0.584. The lowest BCUT2D eigenvalue weighted by Gasteiger charge is -1.87. The minimum Gasteiger partial charge on any atom is -0.298 e. The van der Waals surface area contributed by atoms with Gasteiger partial charge >= 0.3 is 0 Å². The Balaban J connectivity index is 2.86. The molecule has 0 aliphatic rings. The lowest BCUT2D eigenvalue weighted by Crippen LogP contribution is -1.91. The summed E-state index contributed by atoms with van der Waals surface area (Å²) in [6.07, 6.45) is 0.789. The molecule has 0 aliphatic carbocycles. The Morgan fingerprint density at radius 3 is 3.00 bits per heavy atom. The van der Waals surface area contributed by atoms with Gasteiger partial charge in [0.15, 0.2) is 6.29 Å². The molecule has 1 aromatic heterocycles. The largest absolute Gasteiger partial charge is 0.298 e. The van der Waals surface area contributed by atoms with Crippen molar-refractivity contribution in [2.45, 2.75) is 0 Å². The number of benzene rings is 1. The number of aromatic nitrogens is 3. The van der Waals surface area contributed by atoms with Gasteiger partial charge in [0.25, 0.3) is 0 Å². The Hall–Kier alpha value is -1.71. The summed E-state index contributed by atoms with van der Waals surface area (Å²) < 4.78 is 0. The topological polar surface area (TPSA) is 47.8 Å². The van der Waals surface area contributed by atoms with E-state index in [1.165, 1.54) is 4.80 Å². The highest BCUT2D eigenvalue weighted by atomic mass is 16.1. The maximum absolute atomic E-state index is 10.6. The zero-order valence-corrected chi connectivity index (χ0v) is 6.56. The van der Waals surface area contributed by atoms with Crippen molar-refractivity contribution in [3.63, 3.8) is 0 Å². The summed E-state index contributed by atoms with van der Waals surface area (Å²) >= 11 is 0. The molecule has 2 aromatic rings. The number of aryl methyl sites for hydroxylation is 1. The van der Waals surface area contributed by atoms with Crippen molar-refractivity contribution >= 4 is 17.3 Å². The molecule has 0 bridgehead atoms. The van der Waals surface area contributed by atoms with Gasteiger partial charge in [-0.3, -0.25) is 4.79 Å². The van der Waals surface area contributed by atoms with Gasteiger partial charge in [-0.05, 0) is 12.1 Å². The number of hydrogen-bond acceptors (Lipinski definition) is 3. The van der Waals surface area contributed by atoms with E-state index >= 15 is 0 Å². The Morgan fingerprint density at radius 2 is 2.25 bits per heavy atom. The van der Waals surface area contributed by atoms with Gasteiger partial charge in [0.1, 0.15) is 11.0 Å². The lowest BCUT2D eigenvalue weighted by molar-refractivity contribution is 0.112. The van der Waals surface area contributed by atoms with Gasteiger partial charge in [-0.15, -0.1) is 0 Å². The molecule has 1 aromatic carbocycles. The highest BCUT2D eigenvalue weighted by Crippen LogP contribution is 2.11. The number of rotatable bonds is 1. The van der Waals surface area contributed by atoms with Gasteiger partial charge in [-0.1, -0.05) is 6.07 Å². The molecule has 0 N–H and O–H groups in total. The van der Waals surface area contributed by atoms with E-state index in [2.05, 4.69) is 10.2 Å². The molecular weight excluding hydrogens is 154 g/mol. The molecular formula is C8H7N3O. The van der Waals surface area contributed by atoms with Gasteiger partial charge in [0.05, 0.1) is 0 Å². The second-order valence-corrected chi connectivity index (χ2v) is 2.52. The number of aldehydes is 1. The van der Waals surface area contributed by atoms with E-state index in [0.29, 0.717) is 11.1 Å². The smallest absolute Gasteiger partial charge is 0.152 e. The molecule has 0 saturated carbocycles. The van der Waals surface area contributed by atoms with Crippen molar-refractivity contribution in [2.75, 3.05) is 0 Å². The molecule has 0 spiro atoms. The zero-order valence-electron chi connectivity index (χ0n) is 6.56. The van der Waals surface area contributed by atoms with Crippen LogP contribution >= 0.6 is 0 Å². The van der Waals surface area contributed by atoms with Gasteiger partial charge in [-0.25, -0.2) is 0 Å². The first-order valence-corrected chi connectivity index (χ1v) is 3.56. The Morgan fingerprint density at radius 1 is 1.42 bits per heavy atom. The summed E-state index contributed by atoms with van der Waals surface area (Å²) in [5.74, 6) is 0. The van der Waals surface area contributed by atoms with Crippen LogP contribution in [0.2, 0.25) is 0 Å². The van der Waals surface area contributed by atoms with Crippen LogP contribution < -0.4 is 0 Å². The maximum Gasteiger partial charge on any atom is 0.152 e. The van der Waals surface area contributed by atoms with E-state index in [4.69, 9.17) is 0 Å². The summed E-state index contributed by atoms with van der Waals surface area (Å²) in [5.41, 5.74) is 2.00. The molecule has 0 radical (unpaired) electrons.